The van der Waals surface area contributed by atoms with Crippen molar-refractivity contribution in [2.45, 2.75) is 18.9 Å². The molecule has 1 aromatic carbocycles. The molecular weight excluding hydrogens is 368 g/mol. The lowest BCUT2D eigenvalue weighted by Gasteiger charge is -2.29. The number of nitrogens with one attached hydrogen (secondary N) is 2. The number of anilines is 2. The highest BCUT2D eigenvalue weighted by Gasteiger charge is 2.17. The predicted octanol–water partition coefficient (Wildman–Crippen LogP) is 3.60. The molecular formula is C18H21BrN4O. The van der Waals surface area contributed by atoms with E-state index in [9.17, 15) is 4.79 Å². The van der Waals surface area contributed by atoms with Gasteiger partial charge in [0.15, 0.2) is 0 Å². The molecule has 1 saturated heterocycles. The molecule has 0 spiro atoms. The van der Waals surface area contributed by atoms with E-state index < -0.39 is 0 Å². The van der Waals surface area contributed by atoms with Crippen molar-refractivity contribution in [3.63, 3.8) is 0 Å². The summed E-state index contributed by atoms with van der Waals surface area (Å²) in [6.45, 7) is 2.19. The third kappa shape index (κ3) is 4.33. The smallest absolute Gasteiger partial charge is 0.257 e. The topological polar surface area (TPSA) is 57.3 Å². The van der Waals surface area contributed by atoms with Crippen molar-refractivity contribution in [1.82, 2.24) is 9.88 Å². The Morgan fingerprint density at radius 2 is 1.83 bits per heavy atom. The lowest BCUT2D eigenvalue weighted by atomic mass is 10.1. The highest BCUT2D eigenvalue weighted by molar-refractivity contribution is 9.10. The number of likely N-dealkylation sites (tertiary alicyclic amines) is 1. The number of hydrogen-bond acceptors (Lipinski definition) is 4. The van der Waals surface area contributed by atoms with Crippen LogP contribution in [0.4, 0.5) is 11.6 Å². The maximum Gasteiger partial charge on any atom is 0.257 e. The van der Waals surface area contributed by atoms with Crippen LogP contribution in [0.25, 0.3) is 0 Å². The fraction of sp³-hybridized carbons (Fsp3) is 0.333. The molecule has 5 nitrogen and oxygen atoms in total. The Hall–Kier alpha value is -1.92. The van der Waals surface area contributed by atoms with E-state index in [0.717, 1.165) is 36.2 Å². The van der Waals surface area contributed by atoms with Crippen LogP contribution >= 0.6 is 15.9 Å². The van der Waals surface area contributed by atoms with Crippen molar-refractivity contribution in [2.24, 2.45) is 0 Å². The van der Waals surface area contributed by atoms with Crippen LogP contribution in [0.15, 0.2) is 46.9 Å². The van der Waals surface area contributed by atoms with Gasteiger partial charge in [0.25, 0.3) is 5.91 Å². The fourth-order valence-electron chi connectivity index (χ4n) is 2.78. The van der Waals surface area contributed by atoms with E-state index in [1.165, 1.54) is 0 Å². The summed E-state index contributed by atoms with van der Waals surface area (Å²) in [5.74, 6) is 1.18. The largest absolute Gasteiger partial charge is 0.367 e. The van der Waals surface area contributed by atoms with Gasteiger partial charge in [0, 0.05) is 10.5 Å². The van der Waals surface area contributed by atoms with Crippen LogP contribution in [0.1, 0.15) is 23.2 Å². The van der Waals surface area contributed by atoms with Crippen LogP contribution in [-0.2, 0) is 0 Å². The summed E-state index contributed by atoms with van der Waals surface area (Å²) < 4.78 is 0.767. The number of rotatable bonds is 4. The molecule has 0 unspecified atom stereocenters. The lowest BCUT2D eigenvalue weighted by molar-refractivity contribution is 0.102. The molecule has 2 aromatic rings. The molecule has 24 heavy (non-hydrogen) atoms. The van der Waals surface area contributed by atoms with Crippen molar-refractivity contribution in [3.8, 4) is 0 Å². The first-order valence-electron chi connectivity index (χ1n) is 8.10. The zero-order chi connectivity index (χ0) is 16.9. The van der Waals surface area contributed by atoms with Crippen LogP contribution in [0.2, 0.25) is 0 Å². The molecule has 1 aliphatic heterocycles. The van der Waals surface area contributed by atoms with E-state index in [-0.39, 0.29) is 5.91 Å². The van der Waals surface area contributed by atoms with Crippen LogP contribution in [0, 0.1) is 0 Å². The number of pyridine rings is 1. The molecule has 0 atom stereocenters. The Balaban J connectivity index is 1.65. The molecule has 1 amide bonds. The average molecular weight is 389 g/mol. The van der Waals surface area contributed by atoms with Gasteiger partial charge >= 0.3 is 0 Å². The van der Waals surface area contributed by atoms with E-state index in [2.05, 4.69) is 43.5 Å². The SMILES string of the molecule is CN1CCC(Nc2cccc(NC(=O)c3ccccc3Br)n2)CC1. The second-order valence-corrected chi connectivity index (χ2v) is 6.92. The Labute approximate surface area is 150 Å². The summed E-state index contributed by atoms with van der Waals surface area (Å²) in [6.07, 6.45) is 2.21. The van der Waals surface area contributed by atoms with Crippen LogP contribution in [0.3, 0.4) is 0 Å². The standard InChI is InChI=1S/C18H21BrN4O/c1-23-11-9-13(10-12-23)20-16-7-4-8-17(21-16)22-18(24)14-5-2-3-6-15(14)19/h2-8,13H,9-12H2,1H3,(H2,20,21,22,24). The van der Waals surface area contributed by atoms with Gasteiger partial charge in [0.1, 0.15) is 11.6 Å². The first-order chi connectivity index (χ1) is 11.6. The number of benzene rings is 1. The number of nitrogens with zero attached hydrogens (tertiary/aromatic N) is 2. The lowest BCUT2D eigenvalue weighted by Crippen LogP contribution is -2.36. The van der Waals surface area contributed by atoms with Gasteiger partial charge in [-0.1, -0.05) is 18.2 Å². The molecule has 1 fully saturated rings. The first-order valence-corrected chi connectivity index (χ1v) is 8.89. The average Bonchev–Trinajstić information content (AvgIpc) is 2.58. The third-order valence-corrected chi connectivity index (χ3v) is 4.87. The molecule has 0 aliphatic carbocycles. The summed E-state index contributed by atoms with van der Waals surface area (Å²) in [4.78, 5) is 19.2. The number of piperidine rings is 1. The summed E-state index contributed by atoms with van der Waals surface area (Å²) in [6, 6.07) is 13.4. The second-order valence-electron chi connectivity index (χ2n) is 6.06. The van der Waals surface area contributed by atoms with Gasteiger partial charge in [-0.05, 0) is 73.2 Å². The van der Waals surface area contributed by atoms with E-state index >= 15 is 0 Å². The van der Waals surface area contributed by atoms with Crippen molar-refractivity contribution in [3.05, 3.63) is 52.5 Å². The van der Waals surface area contributed by atoms with Crippen molar-refractivity contribution in [1.29, 1.82) is 0 Å². The fourth-order valence-corrected chi connectivity index (χ4v) is 3.24. The molecule has 6 heteroatoms. The summed E-state index contributed by atoms with van der Waals surface area (Å²) in [5.41, 5.74) is 0.591. The second kappa shape index (κ2) is 7.77. The predicted molar refractivity (Wildman–Crippen MR) is 100 cm³/mol. The van der Waals surface area contributed by atoms with Crippen molar-refractivity contribution < 1.29 is 4.79 Å². The van der Waals surface area contributed by atoms with Gasteiger partial charge in [-0.2, -0.15) is 0 Å². The zero-order valence-corrected chi connectivity index (χ0v) is 15.2. The Kier molecular flexibility index (Phi) is 5.48. The van der Waals surface area contributed by atoms with Gasteiger partial charge in [-0.15, -0.1) is 0 Å². The Morgan fingerprint density at radius 3 is 2.58 bits per heavy atom. The number of aromatic nitrogens is 1. The molecule has 1 aromatic heterocycles. The summed E-state index contributed by atoms with van der Waals surface area (Å²) >= 11 is 3.40. The molecule has 0 radical (unpaired) electrons. The molecule has 3 rings (SSSR count). The molecule has 2 N–H and O–H groups in total. The first kappa shape index (κ1) is 16.9. The number of carbonyl (C=O) groups excluding carboxylic acids is 1. The maximum atomic E-state index is 12.4. The highest BCUT2D eigenvalue weighted by atomic mass is 79.9. The quantitative estimate of drug-likeness (QED) is 0.839. The van der Waals surface area contributed by atoms with E-state index in [4.69, 9.17) is 0 Å². The monoisotopic (exact) mass is 388 g/mol. The minimum atomic E-state index is -0.175. The Morgan fingerprint density at radius 1 is 1.12 bits per heavy atom. The van der Waals surface area contributed by atoms with Gasteiger partial charge < -0.3 is 15.5 Å². The minimum Gasteiger partial charge on any atom is -0.367 e. The van der Waals surface area contributed by atoms with Gasteiger partial charge in [0.2, 0.25) is 0 Å². The van der Waals surface area contributed by atoms with Gasteiger partial charge in [0.05, 0.1) is 5.56 Å². The van der Waals surface area contributed by atoms with Crippen LogP contribution in [0.5, 0.6) is 0 Å². The van der Waals surface area contributed by atoms with Gasteiger partial charge in [-0.25, -0.2) is 4.98 Å². The van der Waals surface area contributed by atoms with E-state index in [0.29, 0.717) is 17.4 Å². The van der Waals surface area contributed by atoms with Crippen molar-refractivity contribution >= 4 is 33.5 Å². The normalized spacial score (nSPS) is 15.9. The summed E-state index contributed by atoms with van der Waals surface area (Å²) in [5, 5.41) is 6.32. The summed E-state index contributed by atoms with van der Waals surface area (Å²) in [7, 11) is 2.15. The van der Waals surface area contributed by atoms with Crippen LogP contribution < -0.4 is 10.6 Å². The molecule has 1 aliphatic rings. The number of amides is 1. The van der Waals surface area contributed by atoms with Gasteiger partial charge in [-0.3, -0.25) is 4.79 Å². The number of halogens is 1. The number of hydrogen-bond donors (Lipinski definition) is 2. The molecule has 126 valence electrons. The zero-order valence-electron chi connectivity index (χ0n) is 13.6. The van der Waals surface area contributed by atoms with Crippen molar-refractivity contribution in [2.75, 3.05) is 30.8 Å². The van der Waals surface area contributed by atoms with Crippen LogP contribution in [-0.4, -0.2) is 42.0 Å². The van der Waals surface area contributed by atoms with E-state index in [1.54, 1.807) is 12.1 Å². The number of carbonyl (C=O) groups is 1. The Bertz CT molecular complexity index is 714. The minimum absolute atomic E-state index is 0.175. The molecule has 0 bridgehead atoms. The molecule has 2 heterocycles. The molecule has 0 saturated carbocycles. The highest BCUT2D eigenvalue weighted by Crippen LogP contribution is 2.19. The third-order valence-electron chi connectivity index (χ3n) is 4.18. The maximum absolute atomic E-state index is 12.4. The van der Waals surface area contributed by atoms with E-state index in [1.807, 2.05) is 30.3 Å².